The molecule has 3 nitrogen and oxygen atoms in total. The van der Waals surface area contributed by atoms with Crippen molar-refractivity contribution in [2.45, 2.75) is 65.2 Å². The summed E-state index contributed by atoms with van der Waals surface area (Å²) < 4.78 is 4.87. The molecule has 0 saturated heterocycles. The quantitative estimate of drug-likeness (QED) is 0.337. The largest absolute Gasteiger partial charge is 0.466 e. The molecule has 0 unspecified atom stereocenters. The van der Waals surface area contributed by atoms with Gasteiger partial charge in [-0.3, -0.25) is 9.59 Å². The molecule has 3 heteroatoms. The van der Waals surface area contributed by atoms with Crippen molar-refractivity contribution in [2.75, 3.05) is 6.61 Å². The van der Waals surface area contributed by atoms with Crippen molar-refractivity contribution in [3.8, 4) is 0 Å². The van der Waals surface area contributed by atoms with Crippen LogP contribution in [0.5, 0.6) is 0 Å². The van der Waals surface area contributed by atoms with E-state index < -0.39 is 0 Å². The zero-order valence-electron chi connectivity index (χ0n) is 13.9. The van der Waals surface area contributed by atoms with Crippen LogP contribution in [0.3, 0.4) is 0 Å². The molecule has 0 aromatic heterocycles. The van der Waals surface area contributed by atoms with Crippen molar-refractivity contribution in [1.29, 1.82) is 0 Å². The fraction of sp³-hybridized carbons (Fsp3) is 0.579. The Morgan fingerprint density at radius 1 is 0.909 bits per heavy atom. The second-order valence-electron chi connectivity index (χ2n) is 5.59. The van der Waals surface area contributed by atoms with Crippen LogP contribution in [-0.2, 0) is 16.0 Å². The smallest absolute Gasteiger partial charge is 0.305 e. The van der Waals surface area contributed by atoms with Gasteiger partial charge in [-0.25, -0.2) is 0 Å². The molecule has 22 heavy (non-hydrogen) atoms. The Morgan fingerprint density at radius 3 is 2.23 bits per heavy atom. The van der Waals surface area contributed by atoms with Crippen LogP contribution in [-0.4, -0.2) is 18.4 Å². The van der Waals surface area contributed by atoms with E-state index in [4.69, 9.17) is 4.74 Å². The van der Waals surface area contributed by atoms with Crippen molar-refractivity contribution in [3.05, 3.63) is 35.4 Å². The Morgan fingerprint density at radius 2 is 1.59 bits per heavy atom. The monoisotopic (exact) mass is 304 g/mol. The van der Waals surface area contributed by atoms with Gasteiger partial charge in [0.2, 0.25) is 0 Å². The van der Waals surface area contributed by atoms with Gasteiger partial charge in [-0.15, -0.1) is 0 Å². The molecule has 1 aromatic carbocycles. The van der Waals surface area contributed by atoms with Crippen LogP contribution in [0.15, 0.2) is 24.3 Å². The van der Waals surface area contributed by atoms with Crippen LogP contribution in [0.1, 0.15) is 74.7 Å². The summed E-state index contributed by atoms with van der Waals surface area (Å²) in [6.07, 6.45) is 6.97. The second kappa shape index (κ2) is 11.0. The molecule has 0 spiro atoms. The molecule has 1 rings (SSSR count). The van der Waals surface area contributed by atoms with Crippen LogP contribution < -0.4 is 0 Å². The first kappa shape index (κ1) is 18.4. The van der Waals surface area contributed by atoms with E-state index in [1.807, 2.05) is 19.1 Å². The lowest BCUT2D eigenvalue weighted by atomic mass is 10.0. The maximum Gasteiger partial charge on any atom is 0.305 e. The summed E-state index contributed by atoms with van der Waals surface area (Å²) in [5.41, 5.74) is 2.10. The number of ether oxygens (including phenoxy) is 1. The lowest BCUT2D eigenvalue weighted by Crippen LogP contribution is -2.03. The number of hydrogen-bond acceptors (Lipinski definition) is 3. The maximum absolute atomic E-state index is 12.1. The van der Waals surface area contributed by atoms with Crippen LogP contribution in [0.4, 0.5) is 0 Å². The van der Waals surface area contributed by atoms with E-state index in [0.717, 1.165) is 31.2 Å². The van der Waals surface area contributed by atoms with Gasteiger partial charge in [0.15, 0.2) is 5.78 Å². The van der Waals surface area contributed by atoms with Gasteiger partial charge >= 0.3 is 5.97 Å². The molecule has 0 bridgehead atoms. The lowest BCUT2D eigenvalue weighted by molar-refractivity contribution is -0.143. The Hall–Kier alpha value is -1.64. The number of unbranched alkanes of at least 4 members (excludes halogenated alkanes) is 3. The number of rotatable bonds is 11. The SMILES string of the molecule is CCCCc1ccc(C(=O)CCCCCC(=O)OCC)cc1. The van der Waals surface area contributed by atoms with Gasteiger partial charge in [-0.1, -0.05) is 44.0 Å². The van der Waals surface area contributed by atoms with E-state index in [1.165, 1.54) is 18.4 Å². The predicted octanol–water partition coefficient (Wildman–Crippen LogP) is 4.73. The molecule has 0 N–H and O–H groups in total. The van der Waals surface area contributed by atoms with Gasteiger partial charge in [-0.05, 0) is 38.2 Å². The topological polar surface area (TPSA) is 43.4 Å². The summed E-state index contributed by atoms with van der Waals surface area (Å²) in [5, 5.41) is 0. The van der Waals surface area contributed by atoms with Gasteiger partial charge in [0.1, 0.15) is 0 Å². The molecule has 0 fully saturated rings. The number of hydrogen-bond donors (Lipinski definition) is 0. The Balaban J connectivity index is 2.23. The molecule has 0 saturated carbocycles. The molecule has 1 aromatic rings. The third-order valence-corrected chi connectivity index (χ3v) is 3.68. The van der Waals surface area contributed by atoms with E-state index in [2.05, 4.69) is 19.1 Å². The Bertz CT molecular complexity index is 448. The molecule has 0 atom stereocenters. The minimum Gasteiger partial charge on any atom is -0.466 e. The molecule has 0 radical (unpaired) electrons. The number of esters is 1. The van der Waals surface area contributed by atoms with Gasteiger partial charge in [-0.2, -0.15) is 0 Å². The van der Waals surface area contributed by atoms with Crippen LogP contribution in [0.25, 0.3) is 0 Å². The van der Waals surface area contributed by atoms with Gasteiger partial charge < -0.3 is 4.74 Å². The molecule has 0 aliphatic carbocycles. The number of Topliss-reactive ketones (excluding diaryl/α,β-unsaturated/α-hetero) is 1. The highest BCUT2D eigenvalue weighted by atomic mass is 16.5. The van der Waals surface area contributed by atoms with Crippen molar-refractivity contribution in [1.82, 2.24) is 0 Å². The summed E-state index contributed by atoms with van der Waals surface area (Å²) in [5.74, 6) is 0.0506. The molecule has 0 amide bonds. The van der Waals surface area contributed by atoms with Crippen molar-refractivity contribution >= 4 is 11.8 Å². The number of aryl methyl sites for hydroxylation is 1. The van der Waals surface area contributed by atoms with E-state index in [-0.39, 0.29) is 11.8 Å². The zero-order chi connectivity index (χ0) is 16.2. The number of benzene rings is 1. The fourth-order valence-corrected chi connectivity index (χ4v) is 2.35. The second-order valence-corrected chi connectivity index (χ2v) is 5.59. The van der Waals surface area contributed by atoms with Gasteiger partial charge in [0, 0.05) is 18.4 Å². The van der Waals surface area contributed by atoms with Crippen molar-refractivity contribution < 1.29 is 14.3 Å². The van der Waals surface area contributed by atoms with E-state index >= 15 is 0 Å². The molecular formula is C19H28O3. The van der Waals surface area contributed by atoms with Crippen LogP contribution in [0.2, 0.25) is 0 Å². The summed E-state index contributed by atoms with van der Waals surface area (Å²) >= 11 is 0. The summed E-state index contributed by atoms with van der Waals surface area (Å²) in [7, 11) is 0. The maximum atomic E-state index is 12.1. The highest BCUT2D eigenvalue weighted by molar-refractivity contribution is 5.96. The fourth-order valence-electron chi connectivity index (χ4n) is 2.35. The summed E-state index contributed by atoms with van der Waals surface area (Å²) in [4.78, 5) is 23.3. The number of ketones is 1. The van der Waals surface area contributed by atoms with Gasteiger partial charge in [0.25, 0.3) is 0 Å². The predicted molar refractivity (Wildman–Crippen MR) is 89.1 cm³/mol. The minimum atomic E-state index is -0.142. The molecule has 0 aliphatic rings. The number of carbonyl (C=O) groups is 2. The first-order chi connectivity index (χ1) is 10.7. The Labute approximate surface area is 134 Å². The first-order valence-electron chi connectivity index (χ1n) is 8.45. The normalized spacial score (nSPS) is 10.5. The third-order valence-electron chi connectivity index (χ3n) is 3.68. The average Bonchev–Trinajstić information content (AvgIpc) is 2.53. The van der Waals surface area contributed by atoms with E-state index in [0.29, 0.717) is 19.4 Å². The standard InChI is InChI=1S/C19H28O3/c1-3-5-9-16-12-14-17(15-13-16)18(20)10-7-6-8-11-19(21)22-4-2/h12-15H,3-11H2,1-2H3. The molecular weight excluding hydrogens is 276 g/mol. The van der Waals surface area contributed by atoms with Crippen LogP contribution in [0, 0.1) is 0 Å². The van der Waals surface area contributed by atoms with Crippen molar-refractivity contribution in [2.24, 2.45) is 0 Å². The van der Waals surface area contributed by atoms with Gasteiger partial charge in [0.05, 0.1) is 6.61 Å². The number of carbonyl (C=O) groups excluding carboxylic acids is 2. The highest BCUT2D eigenvalue weighted by Crippen LogP contribution is 2.12. The highest BCUT2D eigenvalue weighted by Gasteiger charge is 2.06. The summed E-state index contributed by atoms with van der Waals surface area (Å²) in [6, 6.07) is 7.99. The molecule has 0 heterocycles. The first-order valence-corrected chi connectivity index (χ1v) is 8.45. The molecule has 122 valence electrons. The zero-order valence-corrected chi connectivity index (χ0v) is 13.9. The molecule has 0 aliphatic heterocycles. The van der Waals surface area contributed by atoms with Crippen LogP contribution >= 0.6 is 0 Å². The van der Waals surface area contributed by atoms with E-state index in [9.17, 15) is 9.59 Å². The third kappa shape index (κ3) is 7.39. The van der Waals surface area contributed by atoms with E-state index in [1.54, 1.807) is 0 Å². The Kier molecular flexibility index (Phi) is 9.20. The average molecular weight is 304 g/mol. The van der Waals surface area contributed by atoms with Crippen molar-refractivity contribution in [3.63, 3.8) is 0 Å². The lowest BCUT2D eigenvalue weighted by Gasteiger charge is -2.04. The summed E-state index contributed by atoms with van der Waals surface area (Å²) in [6.45, 7) is 4.43. The minimum absolute atomic E-state index is 0.142.